The highest BCUT2D eigenvalue weighted by Crippen LogP contribution is 2.25. The number of aromatic nitrogens is 1. The molecule has 0 saturated carbocycles. The van der Waals surface area contributed by atoms with Crippen LogP contribution in [0.3, 0.4) is 0 Å². The van der Waals surface area contributed by atoms with Gasteiger partial charge in [-0.1, -0.05) is 13.8 Å². The van der Waals surface area contributed by atoms with Gasteiger partial charge in [0.15, 0.2) is 0 Å². The van der Waals surface area contributed by atoms with Gasteiger partial charge in [0.1, 0.15) is 0 Å². The Morgan fingerprint density at radius 1 is 0.957 bits per heavy atom. The minimum absolute atomic E-state index is 0.437. The summed E-state index contributed by atoms with van der Waals surface area (Å²) in [6, 6.07) is 3.94. The summed E-state index contributed by atoms with van der Waals surface area (Å²) in [5.74, 6) is 0.873. The van der Waals surface area contributed by atoms with Crippen LogP contribution in [0.25, 0.3) is 0 Å². The molecule has 3 rings (SSSR count). The molecule has 2 aliphatic rings. The van der Waals surface area contributed by atoms with Crippen LogP contribution in [0.4, 0.5) is 5.69 Å². The Morgan fingerprint density at radius 2 is 1.52 bits per heavy atom. The molecule has 7 heteroatoms. The molecule has 0 radical (unpaired) electrons. The fraction of sp³-hybridized carbons (Fsp3) is 0.688. The van der Waals surface area contributed by atoms with E-state index in [1.54, 1.807) is 21.0 Å². The lowest BCUT2D eigenvalue weighted by atomic mass is 9.94. The summed E-state index contributed by atoms with van der Waals surface area (Å²) < 4.78 is 29.1. The Balaban J connectivity index is 1.64. The highest BCUT2D eigenvalue weighted by Gasteiger charge is 2.36. The quantitative estimate of drug-likeness (QED) is 0.836. The van der Waals surface area contributed by atoms with E-state index in [0.717, 1.165) is 25.2 Å². The van der Waals surface area contributed by atoms with Crippen LogP contribution in [0.5, 0.6) is 0 Å². The topological polar surface area (TPSA) is 56.8 Å². The second-order valence-electron chi connectivity index (χ2n) is 6.86. The predicted molar refractivity (Wildman–Crippen MR) is 91.5 cm³/mol. The molecule has 2 atom stereocenters. The average Bonchev–Trinajstić information content (AvgIpc) is 2.55. The Hall–Kier alpha value is -1.18. The van der Waals surface area contributed by atoms with E-state index in [4.69, 9.17) is 0 Å². The summed E-state index contributed by atoms with van der Waals surface area (Å²) in [4.78, 5) is 6.25. The maximum absolute atomic E-state index is 12.9. The fourth-order valence-electron chi connectivity index (χ4n) is 3.69. The monoisotopic (exact) mass is 338 g/mol. The van der Waals surface area contributed by atoms with Crippen molar-refractivity contribution in [2.45, 2.75) is 20.3 Å². The van der Waals surface area contributed by atoms with E-state index in [9.17, 15) is 8.42 Å². The SMILES string of the molecule is CC1CC(C)CN(S(=O)(=O)N2CCN(c3ccncc3)CC2)C1. The van der Waals surface area contributed by atoms with Gasteiger partial charge in [0.2, 0.25) is 0 Å². The molecule has 0 aliphatic carbocycles. The Morgan fingerprint density at radius 3 is 2.09 bits per heavy atom. The Kier molecular flexibility index (Phi) is 4.89. The van der Waals surface area contributed by atoms with Crippen molar-refractivity contribution in [2.24, 2.45) is 11.8 Å². The smallest absolute Gasteiger partial charge is 0.282 e. The Bertz CT molecular complexity index is 604. The molecule has 0 N–H and O–H groups in total. The van der Waals surface area contributed by atoms with E-state index in [-0.39, 0.29) is 0 Å². The third-order valence-corrected chi connectivity index (χ3v) is 6.72. The lowest BCUT2D eigenvalue weighted by Gasteiger charge is -2.40. The van der Waals surface area contributed by atoms with Gasteiger partial charge >= 0.3 is 0 Å². The molecule has 0 bridgehead atoms. The molecular formula is C16H26N4O2S. The van der Waals surface area contributed by atoms with E-state index < -0.39 is 10.2 Å². The molecule has 2 unspecified atom stereocenters. The molecule has 6 nitrogen and oxygen atoms in total. The van der Waals surface area contributed by atoms with Crippen molar-refractivity contribution in [1.29, 1.82) is 0 Å². The fourth-order valence-corrected chi connectivity index (χ4v) is 5.53. The zero-order valence-corrected chi connectivity index (χ0v) is 14.7. The van der Waals surface area contributed by atoms with Crippen molar-refractivity contribution in [3.8, 4) is 0 Å². The summed E-state index contributed by atoms with van der Waals surface area (Å²) in [6.07, 6.45) is 4.66. The van der Waals surface area contributed by atoms with Gasteiger partial charge in [0.25, 0.3) is 10.2 Å². The van der Waals surface area contributed by atoms with Crippen LogP contribution in [-0.2, 0) is 10.2 Å². The normalized spacial score (nSPS) is 28.0. The zero-order chi connectivity index (χ0) is 16.4. The number of piperazine rings is 1. The second-order valence-corrected chi connectivity index (χ2v) is 8.79. The maximum atomic E-state index is 12.9. The highest BCUT2D eigenvalue weighted by atomic mass is 32.2. The molecule has 3 heterocycles. The number of piperidine rings is 1. The zero-order valence-electron chi connectivity index (χ0n) is 13.9. The van der Waals surface area contributed by atoms with Gasteiger partial charge in [0, 0.05) is 57.3 Å². The van der Waals surface area contributed by atoms with Gasteiger partial charge < -0.3 is 4.90 Å². The lowest BCUT2D eigenvalue weighted by Crippen LogP contribution is -2.55. The van der Waals surface area contributed by atoms with Crippen LogP contribution in [0, 0.1) is 11.8 Å². The summed E-state index contributed by atoms with van der Waals surface area (Å²) >= 11 is 0. The molecule has 2 aliphatic heterocycles. The van der Waals surface area contributed by atoms with Gasteiger partial charge in [-0.2, -0.15) is 17.0 Å². The molecule has 128 valence electrons. The van der Waals surface area contributed by atoms with Crippen LogP contribution in [0.1, 0.15) is 20.3 Å². The highest BCUT2D eigenvalue weighted by molar-refractivity contribution is 7.86. The van der Waals surface area contributed by atoms with Crippen molar-refractivity contribution >= 4 is 15.9 Å². The van der Waals surface area contributed by atoms with E-state index in [2.05, 4.69) is 23.7 Å². The van der Waals surface area contributed by atoms with E-state index in [1.165, 1.54) is 0 Å². The first-order chi connectivity index (χ1) is 11.0. The van der Waals surface area contributed by atoms with Gasteiger partial charge in [-0.05, 0) is 30.4 Å². The molecule has 0 aromatic carbocycles. The maximum Gasteiger partial charge on any atom is 0.282 e. The molecule has 2 fully saturated rings. The number of hydrogen-bond acceptors (Lipinski definition) is 4. The molecule has 1 aromatic heterocycles. The van der Waals surface area contributed by atoms with E-state index in [1.807, 2.05) is 12.1 Å². The van der Waals surface area contributed by atoms with Crippen LogP contribution in [-0.4, -0.2) is 61.3 Å². The van der Waals surface area contributed by atoms with Crippen LogP contribution < -0.4 is 4.90 Å². The molecule has 23 heavy (non-hydrogen) atoms. The lowest BCUT2D eigenvalue weighted by molar-refractivity contribution is 0.207. The van der Waals surface area contributed by atoms with E-state index >= 15 is 0 Å². The first-order valence-electron chi connectivity index (χ1n) is 8.37. The minimum atomic E-state index is -3.33. The number of nitrogens with zero attached hydrogens (tertiary/aromatic N) is 4. The molecule has 0 amide bonds. The van der Waals surface area contributed by atoms with Crippen LogP contribution >= 0.6 is 0 Å². The summed E-state index contributed by atoms with van der Waals surface area (Å²) in [5, 5.41) is 0. The number of pyridine rings is 1. The number of hydrogen-bond donors (Lipinski definition) is 0. The first kappa shape index (κ1) is 16.7. The van der Waals surface area contributed by atoms with Crippen molar-refractivity contribution in [3.63, 3.8) is 0 Å². The number of anilines is 1. The van der Waals surface area contributed by atoms with Gasteiger partial charge in [0.05, 0.1) is 0 Å². The standard InChI is InChI=1S/C16H26N4O2S/c1-14-11-15(2)13-20(12-14)23(21,22)19-9-7-18(8-10-19)16-3-5-17-6-4-16/h3-6,14-15H,7-13H2,1-2H3. The predicted octanol–water partition coefficient (Wildman–Crippen LogP) is 1.43. The van der Waals surface area contributed by atoms with Gasteiger partial charge in [-0.3, -0.25) is 4.98 Å². The van der Waals surface area contributed by atoms with Crippen molar-refractivity contribution < 1.29 is 8.42 Å². The van der Waals surface area contributed by atoms with Crippen molar-refractivity contribution in [1.82, 2.24) is 13.6 Å². The van der Waals surface area contributed by atoms with Gasteiger partial charge in [-0.15, -0.1) is 0 Å². The summed E-state index contributed by atoms with van der Waals surface area (Å²) in [6.45, 7) is 8.12. The van der Waals surface area contributed by atoms with Crippen molar-refractivity contribution in [2.75, 3.05) is 44.2 Å². The van der Waals surface area contributed by atoms with Crippen molar-refractivity contribution in [3.05, 3.63) is 24.5 Å². The average molecular weight is 338 g/mol. The summed E-state index contributed by atoms with van der Waals surface area (Å²) in [7, 11) is -3.33. The Labute approximate surface area is 139 Å². The third-order valence-electron chi connectivity index (χ3n) is 4.75. The first-order valence-corrected chi connectivity index (χ1v) is 9.76. The third kappa shape index (κ3) is 3.67. The molecule has 1 aromatic rings. The largest absolute Gasteiger partial charge is 0.369 e. The molecule has 0 spiro atoms. The van der Waals surface area contributed by atoms with Crippen LogP contribution in [0.15, 0.2) is 24.5 Å². The van der Waals surface area contributed by atoms with E-state index in [0.29, 0.717) is 38.0 Å². The minimum Gasteiger partial charge on any atom is -0.369 e. The van der Waals surface area contributed by atoms with Gasteiger partial charge in [-0.25, -0.2) is 0 Å². The molecule has 2 saturated heterocycles. The number of rotatable bonds is 3. The molecular weight excluding hydrogens is 312 g/mol. The summed E-state index contributed by atoms with van der Waals surface area (Å²) in [5.41, 5.74) is 1.11. The second kappa shape index (κ2) is 6.75. The van der Waals surface area contributed by atoms with Crippen LogP contribution in [0.2, 0.25) is 0 Å².